The van der Waals surface area contributed by atoms with E-state index in [0.717, 1.165) is 37.8 Å². The van der Waals surface area contributed by atoms with Gasteiger partial charge >= 0.3 is 0 Å². The molecule has 1 N–H and O–H groups in total. The zero-order valence-corrected chi connectivity index (χ0v) is 15.6. The zero-order chi connectivity index (χ0) is 17.2. The second-order valence-corrected chi connectivity index (χ2v) is 8.46. The molecule has 0 bridgehead atoms. The van der Waals surface area contributed by atoms with Crippen molar-refractivity contribution in [2.45, 2.75) is 64.7 Å². The Morgan fingerprint density at radius 2 is 2.16 bits per heavy atom. The number of rotatable bonds is 5. The van der Waals surface area contributed by atoms with Gasteiger partial charge in [-0.2, -0.15) is 5.10 Å². The molecule has 5 nitrogen and oxygen atoms in total. The third-order valence-electron chi connectivity index (χ3n) is 5.27. The molecule has 134 valence electrons. The van der Waals surface area contributed by atoms with Gasteiger partial charge in [0.05, 0.1) is 24.5 Å². The van der Waals surface area contributed by atoms with E-state index in [2.05, 4.69) is 38.2 Å². The van der Waals surface area contributed by atoms with Crippen LogP contribution in [-0.2, 0) is 31.0 Å². The number of hydrogen-bond acceptors (Lipinski definition) is 4. The van der Waals surface area contributed by atoms with Crippen molar-refractivity contribution in [1.29, 1.82) is 0 Å². The van der Waals surface area contributed by atoms with Gasteiger partial charge in [-0.25, -0.2) is 0 Å². The summed E-state index contributed by atoms with van der Waals surface area (Å²) in [5.41, 5.74) is 2.20. The lowest BCUT2D eigenvalue weighted by Crippen LogP contribution is -2.33. The number of nitrogens with one attached hydrogen (secondary N) is 1. The van der Waals surface area contributed by atoms with E-state index in [9.17, 15) is 4.79 Å². The van der Waals surface area contributed by atoms with Gasteiger partial charge in [0.2, 0.25) is 5.91 Å². The number of thiophene rings is 1. The molecule has 2 aromatic rings. The molecule has 6 heteroatoms. The monoisotopic (exact) mass is 358 g/mol. The van der Waals surface area contributed by atoms with Gasteiger partial charge in [0.25, 0.3) is 0 Å². The SMILES string of the molecule is CC(=O)NCc1cc2n(n1)CCN(Cc1ccc(C3CCCC3)s1)C2. The lowest BCUT2D eigenvalue weighted by atomic mass is 10.1. The molecule has 1 amide bonds. The van der Waals surface area contributed by atoms with E-state index in [-0.39, 0.29) is 5.91 Å². The Bertz CT molecular complexity index is 744. The third kappa shape index (κ3) is 3.96. The van der Waals surface area contributed by atoms with Crippen LogP contribution in [-0.4, -0.2) is 27.1 Å². The van der Waals surface area contributed by atoms with Crippen LogP contribution in [0.1, 0.15) is 59.7 Å². The Morgan fingerprint density at radius 1 is 1.32 bits per heavy atom. The molecule has 0 spiro atoms. The number of hydrogen-bond donors (Lipinski definition) is 1. The van der Waals surface area contributed by atoms with Crippen LogP contribution >= 0.6 is 11.3 Å². The zero-order valence-electron chi connectivity index (χ0n) is 14.8. The first kappa shape index (κ1) is 16.8. The molecular weight excluding hydrogens is 332 g/mol. The molecule has 1 fully saturated rings. The van der Waals surface area contributed by atoms with Crippen molar-refractivity contribution in [3.8, 4) is 0 Å². The Labute approximate surface area is 153 Å². The molecule has 0 unspecified atom stereocenters. The normalized spacial score (nSPS) is 18.4. The van der Waals surface area contributed by atoms with E-state index in [1.807, 2.05) is 11.3 Å². The van der Waals surface area contributed by atoms with Crippen molar-refractivity contribution in [1.82, 2.24) is 20.0 Å². The van der Waals surface area contributed by atoms with Gasteiger partial charge in [-0.1, -0.05) is 12.8 Å². The summed E-state index contributed by atoms with van der Waals surface area (Å²) >= 11 is 2.01. The maximum atomic E-state index is 11.1. The summed E-state index contributed by atoms with van der Waals surface area (Å²) in [6.45, 7) is 5.98. The predicted octanol–water partition coefficient (Wildman–Crippen LogP) is 3.25. The molecule has 0 aromatic carbocycles. The van der Waals surface area contributed by atoms with E-state index in [4.69, 9.17) is 0 Å². The molecule has 1 aliphatic carbocycles. The summed E-state index contributed by atoms with van der Waals surface area (Å²) in [7, 11) is 0. The van der Waals surface area contributed by atoms with Crippen LogP contribution < -0.4 is 5.32 Å². The molecule has 2 aliphatic rings. The average molecular weight is 359 g/mol. The van der Waals surface area contributed by atoms with Crippen LogP contribution in [0, 0.1) is 0 Å². The number of carbonyl (C=O) groups is 1. The van der Waals surface area contributed by atoms with Crippen molar-refractivity contribution < 1.29 is 4.79 Å². The molecule has 1 saturated carbocycles. The van der Waals surface area contributed by atoms with Crippen LogP contribution in [0.5, 0.6) is 0 Å². The van der Waals surface area contributed by atoms with Gasteiger partial charge in [0, 0.05) is 36.3 Å². The summed E-state index contributed by atoms with van der Waals surface area (Å²) in [4.78, 5) is 16.6. The van der Waals surface area contributed by atoms with Crippen LogP contribution in [0.15, 0.2) is 18.2 Å². The highest BCUT2D eigenvalue weighted by molar-refractivity contribution is 7.12. The number of aromatic nitrogens is 2. The minimum atomic E-state index is -0.0108. The fourth-order valence-electron chi connectivity index (χ4n) is 3.95. The van der Waals surface area contributed by atoms with E-state index in [1.54, 1.807) is 11.8 Å². The molecule has 0 radical (unpaired) electrons. The largest absolute Gasteiger partial charge is 0.351 e. The Morgan fingerprint density at radius 3 is 2.96 bits per heavy atom. The van der Waals surface area contributed by atoms with Crippen LogP contribution in [0.3, 0.4) is 0 Å². The number of amides is 1. The number of fused-ring (bicyclic) bond motifs is 1. The van der Waals surface area contributed by atoms with Gasteiger partial charge < -0.3 is 5.32 Å². The van der Waals surface area contributed by atoms with Gasteiger partial charge in [0.1, 0.15) is 0 Å². The molecule has 4 rings (SSSR count). The van der Waals surface area contributed by atoms with Gasteiger partial charge in [0.15, 0.2) is 0 Å². The topological polar surface area (TPSA) is 50.2 Å². The average Bonchev–Trinajstić information content (AvgIpc) is 3.32. The van der Waals surface area contributed by atoms with Crippen molar-refractivity contribution in [2.24, 2.45) is 0 Å². The fourth-order valence-corrected chi connectivity index (χ4v) is 5.17. The summed E-state index contributed by atoms with van der Waals surface area (Å²) in [5.74, 6) is 0.807. The highest BCUT2D eigenvalue weighted by Crippen LogP contribution is 2.38. The summed E-state index contributed by atoms with van der Waals surface area (Å²) < 4.78 is 2.09. The maximum absolute atomic E-state index is 11.1. The first-order chi connectivity index (χ1) is 12.2. The smallest absolute Gasteiger partial charge is 0.217 e. The molecule has 2 aromatic heterocycles. The fraction of sp³-hybridized carbons (Fsp3) is 0.579. The molecule has 3 heterocycles. The number of carbonyl (C=O) groups excluding carboxylic acids is 1. The molecular formula is C19H26N4OS. The Hall–Kier alpha value is -1.66. The Balaban J connectivity index is 1.36. The standard InChI is InChI=1S/C19H26N4OS/c1-14(24)20-11-16-10-17-12-22(8-9-23(17)21-16)13-18-6-7-19(25-18)15-4-2-3-5-15/h6-7,10,15H,2-5,8-9,11-13H2,1H3,(H,20,24). The second kappa shape index (κ2) is 7.30. The van der Waals surface area contributed by atoms with Crippen molar-refractivity contribution >= 4 is 17.2 Å². The van der Waals surface area contributed by atoms with Crippen molar-refractivity contribution in [3.05, 3.63) is 39.3 Å². The van der Waals surface area contributed by atoms with Crippen LogP contribution in [0.2, 0.25) is 0 Å². The second-order valence-electron chi connectivity index (χ2n) is 7.26. The van der Waals surface area contributed by atoms with Crippen LogP contribution in [0.4, 0.5) is 0 Å². The van der Waals surface area contributed by atoms with E-state index in [1.165, 1.54) is 36.3 Å². The maximum Gasteiger partial charge on any atom is 0.217 e. The van der Waals surface area contributed by atoms with E-state index < -0.39 is 0 Å². The summed E-state index contributed by atoms with van der Waals surface area (Å²) in [5, 5.41) is 7.42. The third-order valence-corrected chi connectivity index (χ3v) is 6.50. The predicted molar refractivity (Wildman–Crippen MR) is 99.4 cm³/mol. The molecule has 0 atom stereocenters. The van der Waals surface area contributed by atoms with E-state index in [0.29, 0.717) is 6.54 Å². The first-order valence-electron chi connectivity index (χ1n) is 9.28. The van der Waals surface area contributed by atoms with Gasteiger partial charge in [-0.3, -0.25) is 14.4 Å². The highest BCUT2D eigenvalue weighted by atomic mass is 32.1. The molecule has 0 saturated heterocycles. The lowest BCUT2D eigenvalue weighted by Gasteiger charge is -2.26. The first-order valence-corrected chi connectivity index (χ1v) is 10.1. The van der Waals surface area contributed by atoms with Crippen molar-refractivity contribution in [3.63, 3.8) is 0 Å². The van der Waals surface area contributed by atoms with Crippen molar-refractivity contribution in [2.75, 3.05) is 6.54 Å². The quantitative estimate of drug-likeness (QED) is 0.892. The molecule has 25 heavy (non-hydrogen) atoms. The van der Waals surface area contributed by atoms with E-state index >= 15 is 0 Å². The minimum Gasteiger partial charge on any atom is -0.351 e. The summed E-state index contributed by atoms with van der Waals surface area (Å²) in [6.07, 6.45) is 5.55. The van der Waals surface area contributed by atoms with Gasteiger partial charge in [-0.15, -0.1) is 11.3 Å². The summed E-state index contributed by atoms with van der Waals surface area (Å²) in [6, 6.07) is 6.81. The Kier molecular flexibility index (Phi) is 4.90. The molecule has 1 aliphatic heterocycles. The lowest BCUT2D eigenvalue weighted by molar-refractivity contribution is -0.119. The number of nitrogens with zero attached hydrogens (tertiary/aromatic N) is 3. The highest BCUT2D eigenvalue weighted by Gasteiger charge is 2.21. The van der Waals surface area contributed by atoms with Gasteiger partial charge in [-0.05, 0) is 37.0 Å². The van der Waals surface area contributed by atoms with Crippen LogP contribution in [0.25, 0.3) is 0 Å². The minimum absolute atomic E-state index is 0.0108.